The van der Waals surface area contributed by atoms with Crippen molar-refractivity contribution in [3.63, 3.8) is 0 Å². The molecule has 0 amide bonds. The molecule has 0 aliphatic heterocycles. The lowest BCUT2D eigenvalue weighted by Gasteiger charge is -2.11. The molecule has 5 nitrogen and oxygen atoms in total. The van der Waals surface area contributed by atoms with Crippen LogP contribution in [0.1, 0.15) is 5.56 Å². The molecular weight excluding hydrogens is 366 g/mol. The monoisotopic (exact) mass is 387 g/mol. The molecule has 5 heteroatoms. The van der Waals surface area contributed by atoms with Crippen molar-refractivity contribution in [2.24, 2.45) is 0 Å². The highest BCUT2D eigenvalue weighted by atomic mass is 16.5. The van der Waals surface area contributed by atoms with Crippen LogP contribution >= 0.6 is 0 Å². The van der Waals surface area contributed by atoms with Crippen molar-refractivity contribution in [2.45, 2.75) is 6.61 Å². The lowest BCUT2D eigenvalue weighted by atomic mass is 10.2. The Morgan fingerprint density at radius 2 is 1.41 bits per heavy atom. The third kappa shape index (κ3) is 4.41. The summed E-state index contributed by atoms with van der Waals surface area (Å²) in [4.78, 5) is 4.56. The Bertz CT molecular complexity index is 1100. The maximum absolute atomic E-state index is 5.90. The van der Waals surface area contributed by atoms with E-state index in [2.05, 4.69) is 4.98 Å². The van der Waals surface area contributed by atoms with Gasteiger partial charge in [-0.05, 0) is 42.0 Å². The van der Waals surface area contributed by atoms with Gasteiger partial charge in [0.15, 0.2) is 11.5 Å². The molecule has 0 saturated carbocycles. The molecule has 1 aromatic heterocycles. The van der Waals surface area contributed by atoms with Gasteiger partial charge in [0.2, 0.25) is 5.88 Å². The van der Waals surface area contributed by atoms with Gasteiger partial charge in [0.25, 0.3) is 0 Å². The molecule has 0 saturated heterocycles. The number of ether oxygens (including phenoxy) is 4. The highest BCUT2D eigenvalue weighted by Gasteiger charge is 2.08. The van der Waals surface area contributed by atoms with Crippen LogP contribution in [-0.4, -0.2) is 19.2 Å². The van der Waals surface area contributed by atoms with Gasteiger partial charge < -0.3 is 18.9 Å². The van der Waals surface area contributed by atoms with E-state index in [1.54, 1.807) is 14.2 Å². The summed E-state index contributed by atoms with van der Waals surface area (Å²) in [5.74, 6) is 3.27. The van der Waals surface area contributed by atoms with Gasteiger partial charge in [-0.1, -0.05) is 30.3 Å². The van der Waals surface area contributed by atoms with E-state index in [0.29, 0.717) is 29.7 Å². The van der Waals surface area contributed by atoms with Gasteiger partial charge in [0.05, 0.1) is 19.7 Å². The summed E-state index contributed by atoms with van der Waals surface area (Å²) in [7, 11) is 3.22. The third-order valence-corrected chi connectivity index (χ3v) is 4.46. The quantitative estimate of drug-likeness (QED) is 0.412. The summed E-state index contributed by atoms with van der Waals surface area (Å²) in [5, 5.41) is 0.944. The molecule has 146 valence electrons. The smallest absolute Gasteiger partial charge is 0.219 e. The standard InChI is InChI=1S/C24H21NO4/c1-26-22-14-18-8-13-24(25-21(18)15-23(22)27-2)29-20-11-9-19(10-12-20)28-16-17-6-4-3-5-7-17/h3-15H,16H2,1-2H3. The molecule has 4 rings (SSSR count). The average Bonchev–Trinajstić information content (AvgIpc) is 2.78. The average molecular weight is 387 g/mol. The predicted octanol–water partition coefficient (Wildman–Crippen LogP) is 5.62. The van der Waals surface area contributed by atoms with Crippen LogP contribution in [-0.2, 0) is 6.61 Å². The first-order valence-corrected chi connectivity index (χ1v) is 9.22. The summed E-state index contributed by atoms with van der Waals surface area (Å²) in [6, 6.07) is 25.0. The molecule has 29 heavy (non-hydrogen) atoms. The van der Waals surface area contributed by atoms with E-state index in [-0.39, 0.29) is 0 Å². The van der Waals surface area contributed by atoms with Gasteiger partial charge in [-0.15, -0.1) is 0 Å². The summed E-state index contributed by atoms with van der Waals surface area (Å²) < 4.78 is 22.4. The number of fused-ring (bicyclic) bond motifs is 1. The van der Waals surface area contributed by atoms with Gasteiger partial charge >= 0.3 is 0 Å². The zero-order chi connectivity index (χ0) is 20.1. The van der Waals surface area contributed by atoms with E-state index in [4.69, 9.17) is 18.9 Å². The first-order chi connectivity index (χ1) is 14.2. The van der Waals surface area contributed by atoms with Crippen LogP contribution in [0.4, 0.5) is 0 Å². The van der Waals surface area contributed by atoms with Crippen molar-refractivity contribution < 1.29 is 18.9 Å². The second kappa shape index (κ2) is 8.52. The third-order valence-electron chi connectivity index (χ3n) is 4.46. The van der Waals surface area contributed by atoms with Crippen LogP contribution in [0.25, 0.3) is 10.9 Å². The zero-order valence-electron chi connectivity index (χ0n) is 16.3. The number of methoxy groups -OCH3 is 2. The van der Waals surface area contributed by atoms with Gasteiger partial charge in [0, 0.05) is 17.5 Å². The van der Waals surface area contributed by atoms with Crippen molar-refractivity contribution in [3.05, 3.63) is 84.4 Å². The molecule has 0 aliphatic carbocycles. The molecule has 0 spiro atoms. The van der Waals surface area contributed by atoms with Gasteiger partial charge in [-0.3, -0.25) is 0 Å². The molecule has 0 atom stereocenters. The van der Waals surface area contributed by atoms with E-state index in [9.17, 15) is 0 Å². The fourth-order valence-electron chi connectivity index (χ4n) is 2.95. The molecular formula is C24H21NO4. The molecule has 4 aromatic rings. The minimum absolute atomic E-state index is 0.502. The van der Waals surface area contributed by atoms with Crippen molar-refractivity contribution in [1.82, 2.24) is 4.98 Å². The minimum Gasteiger partial charge on any atom is -0.493 e. The number of benzene rings is 3. The molecule has 0 unspecified atom stereocenters. The van der Waals surface area contributed by atoms with Crippen molar-refractivity contribution in [1.29, 1.82) is 0 Å². The lowest BCUT2D eigenvalue weighted by Crippen LogP contribution is -1.95. The topological polar surface area (TPSA) is 49.8 Å². The van der Waals surface area contributed by atoms with Crippen LogP contribution in [0.15, 0.2) is 78.9 Å². The van der Waals surface area contributed by atoms with Gasteiger partial charge in [0.1, 0.15) is 18.1 Å². The van der Waals surface area contributed by atoms with Gasteiger partial charge in [-0.2, -0.15) is 0 Å². The van der Waals surface area contributed by atoms with Crippen molar-refractivity contribution >= 4 is 10.9 Å². The Morgan fingerprint density at radius 3 is 2.14 bits per heavy atom. The Morgan fingerprint density at radius 1 is 0.724 bits per heavy atom. The van der Waals surface area contributed by atoms with Crippen molar-refractivity contribution in [2.75, 3.05) is 14.2 Å². The van der Waals surface area contributed by atoms with Crippen LogP contribution < -0.4 is 18.9 Å². The minimum atomic E-state index is 0.502. The first-order valence-electron chi connectivity index (χ1n) is 9.22. The second-order valence-electron chi connectivity index (χ2n) is 6.40. The maximum atomic E-state index is 5.90. The van der Waals surface area contributed by atoms with Crippen molar-refractivity contribution in [3.8, 4) is 28.9 Å². The first kappa shape index (κ1) is 18.6. The van der Waals surface area contributed by atoms with Crippen LogP contribution in [0.3, 0.4) is 0 Å². The molecule has 0 bridgehead atoms. The Hall–Kier alpha value is -3.73. The number of pyridine rings is 1. The molecule has 0 aliphatic rings. The maximum Gasteiger partial charge on any atom is 0.219 e. The van der Waals surface area contributed by atoms with E-state index < -0.39 is 0 Å². The fourth-order valence-corrected chi connectivity index (χ4v) is 2.95. The summed E-state index contributed by atoms with van der Waals surface area (Å²) >= 11 is 0. The van der Waals surface area contributed by atoms with E-state index in [1.165, 1.54) is 0 Å². The predicted molar refractivity (Wildman–Crippen MR) is 112 cm³/mol. The number of nitrogens with zero attached hydrogens (tertiary/aromatic N) is 1. The Labute approximate surface area is 169 Å². The number of aromatic nitrogens is 1. The second-order valence-corrected chi connectivity index (χ2v) is 6.40. The molecule has 1 heterocycles. The van der Waals surface area contributed by atoms with Crippen LogP contribution in [0.2, 0.25) is 0 Å². The van der Waals surface area contributed by atoms with E-state index in [0.717, 1.165) is 22.2 Å². The Kier molecular flexibility index (Phi) is 5.47. The lowest BCUT2D eigenvalue weighted by molar-refractivity contribution is 0.305. The van der Waals surface area contributed by atoms with E-state index >= 15 is 0 Å². The molecule has 0 fully saturated rings. The van der Waals surface area contributed by atoms with E-state index in [1.807, 2.05) is 78.9 Å². The SMILES string of the molecule is COc1cc2ccc(Oc3ccc(OCc4ccccc4)cc3)nc2cc1OC. The summed E-state index contributed by atoms with van der Waals surface area (Å²) in [6.45, 7) is 0.526. The fraction of sp³-hybridized carbons (Fsp3) is 0.125. The number of rotatable bonds is 7. The number of hydrogen-bond acceptors (Lipinski definition) is 5. The zero-order valence-corrected chi connectivity index (χ0v) is 16.3. The van der Waals surface area contributed by atoms with Crippen LogP contribution in [0, 0.1) is 0 Å². The molecule has 3 aromatic carbocycles. The highest BCUT2D eigenvalue weighted by molar-refractivity contribution is 5.83. The van der Waals surface area contributed by atoms with Crippen LogP contribution in [0.5, 0.6) is 28.9 Å². The Balaban J connectivity index is 1.46. The highest BCUT2D eigenvalue weighted by Crippen LogP contribution is 2.33. The molecule has 0 N–H and O–H groups in total. The largest absolute Gasteiger partial charge is 0.493 e. The number of hydrogen-bond donors (Lipinski definition) is 0. The normalized spacial score (nSPS) is 10.6. The summed E-state index contributed by atoms with van der Waals surface area (Å²) in [6.07, 6.45) is 0. The molecule has 0 radical (unpaired) electrons. The van der Waals surface area contributed by atoms with Gasteiger partial charge in [-0.25, -0.2) is 4.98 Å². The summed E-state index contributed by atoms with van der Waals surface area (Å²) in [5.41, 5.74) is 1.89.